The molecule has 0 heterocycles. The highest BCUT2D eigenvalue weighted by molar-refractivity contribution is 7.86. The van der Waals surface area contributed by atoms with Crippen LogP contribution < -0.4 is 0 Å². The second-order valence-electron chi connectivity index (χ2n) is 1.88. The zero-order valence-electron chi connectivity index (χ0n) is 6.74. The average molecular weight is 179 g/mol. The maximum Gasteiger partial charge on any atom is 0.278 e. The third-order valence-corrected chi connectivity index (χ3v) is 1.24. The Balaban J connectivity index is 0. The maximum absolute atomic E-state index is 9.56. The van der Waals surface area contributed by atoms with Gasteiger partial charge in [0.25, 0.3) is 10.1 Å². The van der Waals surface area contributed by atoms with E-state index >= 15 is 0 Å². The largest absolute Gasteiger partial charge is 0.285 e. The Kier molecular flexibility index (Phi) is 8.89. The van der Waals surface area contributed by atoms with Crippen molar-refractivity contribution in [2.24, 2.45) is 0 Å². The molecule has 0 fully saturated rings. The second-order valence-corrected chi connectivity index (χ2v) is 3.34. The number of rotatable bonds is 2. The Hall–Kier alpha value is -0.600. The maximum atomic E-state index is 9.56. The standard InChI is InChI=1S/C4H10.C2H3NO3S/c1-3-4-2;3-1-2-7(4,5)6/h3-4H2,1-2H3;2H2,(H,4,5,6). The fraction of sp³-hybridized carbons (Fsp3) is 0.833. The lowest BCUT2D eigenvalue weighted by atomic mass is 10.4. The van der Waals surface area contributed by atoms with Crippen LogP contribution in [-0.4, -0.2) is 18.7 Å². The Morgan fingerprint density at radius 1 is 1.36 bits per heavy atom. The monoisotopic (exact) mass is 179 g/mol. The van der Waals surface area contributed by atoms with Crippen molar-refractivity contribution >= 4 is 10.1 Å². The van der Waals surface area contributed by atoms with Gasteiger partial charge in [-0.1, -0.05) is 26.7 Å². The summed E-state index contributed by atoms with van der Waals surface area (Å²) >= 11 is 0. The fourth-order valence-corrected chi connectivity index (χ4v) is 0.245. The van der Waals surface area contributed by atoms with E-state index in [-0.39, 0.29) is 0 Å². The van der Waals surface area contributed by atoms with Gasteiger partial charge in [0, 0.05) is 0 Å². The van der Waals surface area contributed by atoms with E-state index < -0.39 is 15.9 Å². The van der Waals surface area contributed by atoms with E-state index in [2.05, 4.69) is 13.8 Å². The predicted octanol–water partition coefficient (Wildman–Crippen LogP) is 1.20. The van der Waals surface area contributed by atoms with Crippen molar-refractivity contribution < 1.29 is 13.0 Å². The first-order valence-electron chi connectivity index (χ1n) is 3.30. The van der Waals surface area contributed by atoms with Crippen LogP contribution in [0.25, 0.3) is 0 Å². The molecule has 11 heavy (non-hydrogen) atoms. The Morgan fingerprint density at radius 2 is 1.73 bits per heavy atom. The number of unbranched alkanes of at least 4 members (excludes halogenated alkanes) is 1. The molecule has 0 saturated carbocycles. The number of hydrogen-bond donors (Lipinski definition) is 1. The minimum atomic E-state index is -4.04. The third-order valence-electron chi connectivity index (χ3n) is 0.747. The summed E-state index contributed by atoms with van der Waals surface area (Å²) in [6.45, 7) is 4.36. The number of hydrogen-bond acceptors (Lipinski definition) is 3. The Bertz CT molecular complexity index is 200. The Labute approximate surface area is 67.6 Å². The van der Waals surface area contributed by atoms with Gasteiger partial charge in [-0.25, -0.2) is 0 Å². The molecule has 0 saturated heterocycles. The lowest BCUT2D eigenvalue weighted by Gasteiger charge is -1.78. The van der Waals surface area contributed by atoms with Crippen molar-refractivity contribution in [2.75, 3.05) is 5.75 Å². The number of nitriles is 1. The van der Waals surface area contributed by atoms with Gasteiger partial charge in [-0.2, -0.15) is 13.7 Å². The van der Waals surface area contributed by atoms with Gasteiger partial charge in [0.15, 0.2) is 5.75 Å². The molecule has 0 aliphatic carbocycles. The van der Waals surface area contributed by atoms with E-state index in [9.17, 15) is 8.42 Å². The van der Waals surface area contributed by atoms with Gasteiger partial charge in [0.1, 0.15) is 0 Å². The fourth-order valence-electron chi connectivity index (χ4n) is 0.0816. The van der Waals surface area contributed by atoms with E-state index in [1.165, 1.54) is 18.9 Å². The van der Waals surface area contributed by atoms with Crippen molar-refractivity contribution in [2.45, 2.75) is 26.7 Å². The molecule has 1 N–H and O–H groups in total. The normalized spacial score (nSPS) is 9.27. The smallest absolute Gasteiger partial charge is 0.278 e. The van der Waals surface area contributed by atoms with Crippen LogP contribution in [0.3, 0.4) is 0 Å². The predicted molar refractivity (Wildman–Crippen MR) is 42.6 cm³/mol. The molecule has 0 aliphatic rings. The van der Waals surface area contributed by atoms with Gasteiger partial charge in [-0.3, -0.25) is 4.55 Å². The van der Waals surface area contributed by atoms with Crippen LogP contribution in [0.15, 0.2) is 0 Å². The van der Waals surface area contributed by atoms with E-state index in [0.717, 1.165) is 0 Å². The summed E-state index contributed by atoms with van der Waals surface area (Å²) in [5.74, 6) is -0.826. The van der Waals surface area contributed by atoms with Gasteiger partial charge in [0.05, 0.1) is 6.07 Å². The minimum Gasteiger partial charge on any atom is -0.285 e. The molecular formula is C6H13NO3S. The molecule has 4 nitrogen and oxygen atoms in total. The quantitative estimate of drug-likeness (QED) is 0.646. The highest BCUT2D eigenvalue weighted by Gasteiger charge is 1.98. The van der Waals surface area contributed by atoms with Crippen molar-refractivity contribution in [1.29, 1.82) is 5.26 Å². The molecule has 0 aliphatic heterocycles. The first-order chi connectivity index (χ1) is 4.97. The van der Waals surface area contributed by atoms with Crippen LogP contribution in [0.4, 0.5) is 0 Å². The van der Waals surface area contributed by atoms with Crippen LogP contribution in [0.5, 0.6) is 0 Å². The lowest BCUT2D eigenvalue weighted by Crippen LogP contribution is -1.99. The van der Waals surface area contributed by atoms with Gasteiger partial charge in [0.2, 0.25) is 0 Å². The molecule has 0 aromatic heterocycles. The zero-order valence-corrected chi connectivity index (χ0v) is 7.56. The topological polar surface area (TPSA) is 78.2 Å². The van der Waals surface area contributed by atoms with Crippen LogP contribution >= 0.6 is 0 Å². The molecule has 0 radical (unpaired) electrons. The summed E-state index contributed by atoms with van der Waals surface area (Å²) in [5.41, 5.74) is 0. The molecule has 0 aromatic carbocycles. The summed E-state index contributed by atoms with van der Waals surface area (Å²) < 4.78 is 26.9. The molecule has 0 spiro atoms. The van der Waals surface area contributed by atoms with Crippen molar-refractivity contribution in [3.8, 4) is 6.07 Å². The summed E-state index contributed by atoms with van der Waals surface area (Å²) in [7, 11) is -4.04. The molecule has 0 rings (SSSR count). The second kappa shape index (κ2) is 7.51. The molecule has 0 bridgehead atoms. The SMILES string of the molecule is CCCC.N#CCS(=O)(=O)O. The van der Waals surface area contributed by atoms with Gasteiger partial charge < -0.3 is 0 Å². The first-order valence-corrected chi connectivity index (χ1v) is 4.91. The van der Waals surface area contributed by atoms with Gasteiger partial charge in [-0.05, 0) is 0 Å². The molecule has 66 valence electrons. The summed E-state index contributed by atoms with van der Waals surface area (Å²) in [6.07, 6.45) is 2.64. The van der Waals surface area contributed by atoms with Crippen LogP contribution in [0.2, 0.25) is 0 Å². The summed E-state index contributed by atoms with van der Waals surface area (Å²) in [5, 5.41) is 7.61. The van der Waals surface area contributed by atoms with Crippen LogP contribution in [0, 0.1) is 11.3 Å². The van der Waals surface area contributed by atoms with Crippen molar-refractivity contribution in [1.82, 2.24) is 0 Å². The summed E-state index contributed by atoms with van der Waals surface area (Å²) in [6, 6.07) is 1.27. The number of nitrogens with zero attached hydrogens (tertiary/aromatic N) is 1. The van der Waals surface area contributed by atoms with Gasteiger partial charge >= 0.3 is 0 Å². The minimum absolute atomic E-state index is 0.826. The third kappa shape index (κ3) is 26.6. The van der Waals surface area contributed by atoms with Crippen molar-refractivity contribution in [3.05, 3.63) is 0 Å². The summed E-state index contributed by atoms with van der Waals surface area (Å²) in [4.78, 5) is 0. The molecule has 5 heteroatoms. The Morgan fingerprint density at radius 3 is 1.73 bits per heavy atom. The van der Waals surface area contributed by atoms with E-state index in [4.69, 9.17) is 9.81 Å². The molecule has 0 amide bonds. The molecule has 0 unspecified atom stereocenters. The average Bonchev–Trinajstić information content (AvgIpc) is 1.86. The molecular weight excluding hydrogens is 166 g/mol. The molecule has 0 atom stereocenters. The highest BCUT2D eigenvalue weighted by Crippen LogP contribution is 1.76. The van der Waals surface area contributed by atoms with Crippen LogP contribution in [-0.2, 0) is 10.1 Å². The van der Waals surface area contributed by atoms with E-state index in [1.807, 2.05) is 0 Å². The van der Waals surface area contributed by atoms with Gasteiger partial charge in [-0.15, -0.1) is 0 Å². The molecule has 0 aromatic rings. The van der Waals surface area contributed by atoms with Crippen LogP contribution in [0.1, 0.15) is 26.7 Å². The van der Waals surface area contributed by atoms with E-state index in [1.54, 1.807) is 0 Å². The van der Waals surface area contributed by atoms with E-state index in [0.29, 0.717) is 0 Å². The highest BCUT2D eigenvalue weighted by atomic mass is 32.2. The van der Waals surface area contributed by atoms with Crippen molar-refractivity contribution in [3.63, 3.8) is 0 Å². The lowest BCUT2D eigenvalue weighted by molar-refractivity contribution is 0.487. The zero-order chi connectivity index (χ0) is 9.33. The first kappa shape index (κ1) is 13.0.